The molecule has 0 saturated heterocycles. The molecule has 1 aromatic carbocycles. The van der Waals surface area contributed by atoms with Gasteiger partial charge in [0.15, 0.2) is 5.16 Å². The number of H-pyrrole nitrogens is 1. The molecule has 0 fully saturated rings. The van der Waals surface area contributed by atoms with Crippen molar-refractivity contribution in [2.45, 2.75) is 5.16 Å². The van der Waals surface area contributed by atoms with E-state index in [2.05, 4.69) is 10.2 Å². The molecule has 0 aliphatic carbocycles. The van der Waals surface area contributed by atoms with Crippen LogP contribution in [0.1, 0.15) is 0 Å². The molecule has 106 valence electrons. The predicted octanol–water partition coefficient (Wildman–Crippen LogP) is 2.18. The molecule has 10 heteroatoms. The summed E-state index contributed by atoms with van der Waals surface area (Å²) in [5.41, 5.74) is -0.616. The van der Waals surface area contributed by atoms with Gasteiger partial charge in [0.2, 0.25) is 0 Å². The molecule has 6 nitrogen and oxygen atoms in total. The Kier molecular flexibility index (Phi) is 4.36. The number of aromatic amines is 1. The highest BCUT2D eigenvalue weighted by Crippen LogP contribution is 2.31. The fourth-order valence-electron chi connectivity index (χ4n) is 1.45. The number of nitrogens with one attached hydrogen (secondary N) is 1. The number of hydrogen-bond donors (Lipinski definition) is 2. The Morgan fingerprint density at radius 3 is 2.60 bits per heavy atom. The molecule has 0 amide bonds. The van der Waals surface area contributed by atoms with Gasteiger partial charge in [-0.2, -0.15) is 0 Å². The number of nitrogens with zero attached hydrogens (tertiary/aromatic N) is 2. The van der Waals surface area contributed by atoms with Crippen molar-refractivity contribution >= 4 is 40.9 Å². The summed E-state index contributed by atoms with van der Waals surface area (Å²) in [6.07, 6.45) is 0. The van der Waals surface area contributed by atoms with Gasteiger partial charge in [-0.15, -0.1) is 5.10 Å². The number of aliphatic carboxylic acids is 1. The van der Waals surface area contributed by atoms with Crippen molar-refractivity contribution in [1.82, 2.24) is 14.8 Å². The first-order valence-electron chi connectivity index (χ1n) is 5.07. The van der Waals surface area contributed by atoms with Crippen LogP contribution in [-0.4, -0.2) is 31.6 Å². The third-order valence-electron chi connectivity index (χ3n) is 2.17. The highest BCUT2D eigenvalue weighted by Gasteiger charge is 2.18. The van der Waals surface area contributed by atoms with Gasteiger partial charge in [-0.1, -0.05) is 35.0 Å². The number of carbonyl (C=O) groups is 1. The predicted molar refractivity (Wildman–Crippen MR) is 72.5 cm³/mol. The minimum absolute atomic E-state index is 0.0429. The van der Waals surface area contributed by atoms with Crippen LogP contribution in [0.5, 0.6) is 0 Å². The van der Waals surface area contributed by atoms with Gasteiger partial charge in [-0.05, 0) is 12.1 Å². The number of rotatable bonds is 4. The van der Waals surface area contributed by atoms with E-state index in [0.29, 0.717) is 0 Å². The molecule has 20 heavy (non-hydrogen) atoms. The Balaban J connectivity index is 2.56. The number of benzene rings is 1. The van der Waals surface area contributed by atoms with Crippen LogP contribution in [0.3, 0.4) is 0 Å². The molecular formula is C10H6Cl2FN3O3S. The zero-order valence-corrected chi connectivity index (χ0v) is 11.9. The zero-order chi connectivity index (χ0) is 14.9. The molecule has 0 aliphatic rings. The Morgan fingerprint density at radius 2 is 2.05 bits per heavy atom. The maximum Gasteiger partial charge on any atom is 0.348 e. The summed E-state index contributed by atoms with van der Waals surface area (Å²) in [6.45, 7) is 0. The van der Waals surface area contributed by atoms with Crippen molar-refractivity contribution in [3.63, 3.8) is 0 Å². The van der Waals surface area contributed by atoms with E-state index >= 15 is 0 Å². The minimum atomic E-state index is -1.08. The fraction of sp³-hybridized carbons (Fsp3) is 0.100. The van der Waals surface area contributed by atoms with Crippen LogP contribution in [0, 0.1) is 5.82 Å². The van der Waals surface area contributed by atoms with Crippen LogP contribution in [-0.2, 0) is 4.79 Å². The van der Waals surface area contributed by atoms with Crippen LogP contribution >= 0.6 is 35.0 Å². The van der Waals surface area contributed by atoms with Crippen molar-refractivity contribution in [3.8, 4) is 5.69 Å². The first-order chi connectivity index (χ1) is 9.40. The number of thioether (sulfide) groups is 1. The number of carboxylic acid groups (broad SMARTS) is 1. The van der Waals surface area contributed by atoms with Crippen molar-refractivity contribution in [2.75, 3.05) is 5.75 Å². The lowest BCUT2D eigenvalue weighted by molar-refractivity contribution is -0.133. The topological polar surface area (TPSA) is 88.0 Å². The lowest BCUT2D eigenvalue weighted by Gasteiger charge is -2.09. The van der Waals surface area contributed by atoms with E-state index in [1.165, 1.54) is 0 Å². The smallest absolute Gasteiger partial charge is 0.348 e. The van der Waals surface area contributed by atoms with E-state index in [4.69, 9.17) is 28.3 Å². The maximum atomic E-state index is 13.1. The summed E-state index contributed by atoms with van der Waals surface area (Å²) in [6, 6.07) is 1.99. The lowest BCUT2D eigenvalue weighted by atomic mass is 10.3. The Morgan fingerprint density at radius 1 is 1.45 bits per heavy atom. The van der Waals surface area contributed by atoms with Gasteiger partial charge >= 0.3 is 11.7 Å². The fourth-order valence-corrected chi connectivity index (χ4v) is 2.75. The average molecular weight is 338 g/mol. The maximum absolute atomic E-state index is 13.1. The molecule has 2 rings (SSSR count). The van der Waals surface area contributed by atoms with E-state index < -0.39 is 17.5 Å². The van der Waals surface area contributed by atoms with Crippen molar-refractivity contribution < 1.29 is 14.3 Å². The summed E-state index contributed by atoms with van der Waals surface area (Å²) < 4.78 is 14.1. The summed E-state index contributed by atoms with van der Waals surface area (Å²) in [4.78, 5) is 22.3. The second-order valence-corrected chi connectivity index (χ2v) is 5.30. The molecule has 0 radical (unpaired) electrons. The first-order valence-corrected chi connectivity index (χ1v) is 6.81. The highest BCUT2D eigenvalue weighted by molar-refractivity contribution is 7.99. The quantitative estimate of drug-likeness (QED) is 0.835. The molecule has 0 bridgehead atoms. The Hall–Kier alpha value is -1.51. The van der Waals surface area contributed by atoms with Gasteiger partial charge in [0.05, 0.1) is 21.5 Å². The lowest BCUT2D eigenvalue weighted by Crippen LogP contribution is -2.17. The van der Waals surface area contributed by atoms with E-state index in [1.807, 2.05) is 0 Å². The number of hydrogen-bond acceptors (Lipinski definition) is 4. The van der Waals surface area contributed by atoms with E-state index in [-0.39, 0.29) is 26.6 Å². The second-order valence-electron chi connectivity index (χ2n) is 3.55. The van der Waals surface area contributed by atoms with Gasteiger partial charge in [0.1, 0.15) is 5.82 Å². The number of halogens is 3. The van der Waals surface area contributed by atoms with Crippen LogP contribution in [0.25, 0.3) is 5.69 Å². The average Bonchev–Trinajstić information content (AvgIpc) is 2.67. The van der Waals surface area contributed by atoms with Gasteiger partial charge in [-0.3, -0.25) is 4.79 Å². The third kappa shape index (κ3) is 2.97. The zero-order valence-electron chi connectivity index (χ0n) is 9.56. The van der Waals surface area contributed by atoms with Crippen LogP contribution in [0.2, 0.25) is 10.0 Å². The SMILES string of the molecule is O=C(O)CSc1n[nH]c(=O)n1-c1c(Cl)cc(F)cc1Cl. The van der Waals surface area contributed by atoms with E-state index in [0.717, 1.165) is 28.5 Å². The molecule has 0 spiro atoms. The molecule has 0 saturated carbocycles. The van der Waals surface area contributed by atoms with Crippen molar-refractivity contribution in [2.24, 2.45) is 0 Å². The van der Waals surface area contributed by atoms with Gasteiger partial charge in [-0.25, -0.2) is 18.9 Å². The van der Waals surface area contributed by atoms with Crippen molar-refractivity contribution in [1.29, 1.82) is 0 Å². The Bertz CT molecular complexity index is 708. The molecule has 2 aromatic rings. The molecule has 0 atom stereocenters. The third-order valence-corrected chi connectivity index (χ3v) is 3.67. The molecule has 2 N–H and O–H groups in total. The van der Waals surface area contributed by atoms with Gasteiger partial charge < -0.3 is 5.11 Å². The normalized spacial score (nSPS) is 10.8. The minimum Gasteiger partial charge on any atom is -0.481 e. The monoisotopic (exact) mass is 337 g/mol. The van der Waals surface area contributed by atoms with Crippen molar-refractivity contribution in [3.05, 3.63) is 38.5 Å². The van der Waals surface area contributed by atoms with E-state index in [1.54, 1.807) is 0 Å². The van der Waals surface area contributed by atoms with Crippen LogP contribution in [0.15, 0.2) is 22.1 Å². The molecule has 0 unspecified atom stereocenters. The van der Waals surface area contributed by atoms with Gasteiger partial charge in [0, 0.05) is 0 Å². The summed E-state index contributed by atoms with van der Waals surface area (Å²) in [5, 5.41) is 14.4. The van der Waals surface area contributed by atoms with Gasteiger partial charge in [0.25, 0.3) is 0 Å². The Labute approximate surface area is 125 Å². The summed E-state index contributed by atoms with van der Waals surface area (Å²) in [5.74, 6) is -2.03. The number of aromatic nitrogens is 3. The largest absolute Gasteiger partial charge is 0.481 e. The molecule has 1 aromatic heterocycles. The summed E-state index contributed by atoms with van der Waals surface area (Å²) in [7, 11) is 0. The number of carboxylic acids is 1. The first kappa shape index (κ1) is 14.9. The summed E-state index contributed by atoms with van der Waals surface area (Å²) >= 11 is 12.6. The van der Waals surface area contributed by atoms with E-state index in [9.17, 15) is 14.0 Å². The molecule has 1 heterocycles. The molecule has 0 aliphatic heterocycles. The van der Waals surface area contributed by atoms with Crippen LogP contribution < -0.4 is 5.69 Å². The second kappa shape index (κ2) is 5.86. The molecular weight excluding hydrogens is 332 g/mol. The van der Waals surface area contributed by atoms with Crippen LogP contribution in [0.4, 0.5) is 4.39 Å². The highest BCUT2D eigenvalue weighted by atomic mass is 35.5. The standard InChI is InChI=1S/C10H6Cl2FN3O3S/c11-5-1-4(13)2-6(12)8(5)16-9(19)14-15-10(16)20-3-7(17)18/h1-2H,3H2,(H,14,19)(H,17,18).